The van der Waals surface area contributed by atoms with Crippen LogP contribution >= 0.6 is 23.5 Å². The maximum Gasteiger partial charge on any atom is 0.253 e. The van der Waals surface area contributed by atoms with Crippen LogP contribution in [0.1, 0.15) is 32.3 Å². The van der Waals surface area contributed by atoms with Gasteiger partial charge in [0.25, 0.3) is 5.91 Å². The summed E-state index contributed by atoms with van der Waals surface area (Å²) in [6.07, 6.45) is 0. The van der Waals surface area contributed by atoms with E-state index in [1.54, 1.807) is 36.7 Å². The molecule has 1 amide bonds. The second-order valence-electron chi connectivity index (χ2n) is 7.16. The number of hydrogen-bond donors (Lipinski definition) is 2. The molecule has 0 aliphatic heterocycles. The SMILES string of the molecule is CCSC(SCC)=C(C(=O)Nc1ccccc1OC)C(C)c1c(O)ccc2ccccc12. The minimum Gasteiger partial charge on any atom is -0.508 e. The standard InChI is InChI=1S/C26H29NO3S2/c1-5-31-26(32-6-2)24(25(29)27-20-13-9-10-14-22(20)30-4)17(3)23-19-12-8-7-11-18(19)15-16-21(23)28/h7-17,28H,5-6H2,1-4H3,(H,27,29). The molecule has 0 aliphatic rings. The molecule has 3 aromatic rings. The van der Waals surface area contributed by atoms with Crippen molar-refractivity contribution in [3.63, 3.8) is 0 Å². The third kappa shape index (κ3) is 5.25. The molecule has 2 N–H and O–H groups in total. The smallest absolute Gasteiger partial charge is 0.253 e. The molecule has 168 valence electrons. The Bertz CT molecular complexity index is 1120. The molecule has 0 bridgehead atoms. The Kier molecular flexibility index (Phi) is 8.53. The number of phenolic OH excluding ortho intramolecular Hbond substituents is 1. The summed E-state index contributed by atoms with van der Waals surface area (Å²) >= 11 is 3.32. The molecule has 0 saturated carbocycles. The predicted molar refractivity (Wildman–Crippen MR) is 139 cm³/mol. The largest absolute Gasteiger partial charge is 0.508 e. The molecule has 0 fully saturated rings. The Morgan fingerprint density at radius 2 is 1.66 bits per heavy atom. The van der Waals surface area contributed by atoms with Gasteiger partial charge in [-0.15, -0.1) is 23.5 Å². The van der Waals surface area contributed by atoms with E-state index in [-0.39, 0.29) is 17.6 Å². The number of carbonyl (C=O) groups is 1. The number of ether oxygens (including phenoxy) is 1. The second-order valence-corrected chi connectivity index (χ2v) is 9.97. The van der Waals surface area contributed by atoms with Crippen LogP contribution in [0.15, 0.2) is 70.5 Å². The highest BCUT2D eigenvalue weighted by molar-refractivity contribution is 8.22. The van der Waals surface area contributed by atoms with Gasteiger partial charge in [0.1, 0.15) is 11.5 Å². The highest BCUT2D eigenvalue weighted by Crippen LogP contribution is 2.43. The summed E-state index contributed by atoms with van der Waals surface area (Å²) < 4.78 is 6.40. The number of anilines is 1. The van der Waals surface area contributed by atoms with E-state index in [9.17, 15) is 9.90 Å². The summed E-state index contributed by atoms with van der Waals surface area (Å²) in [6.45, 7) is 6.15. The first-order valence-electron chi connectivity index (χ1n) is 10.7. The van der Waals surface area contributed by atoms with Crippen molar-refractivity contribution in [3.05, 3.63) is 76.0 Å². The van der Waals surface area contributed by atoms with Crippen LogP contribution < -0.4 is 10.1 Å². The molecule has 0 spiro atoms. The normalized spacial score (nSPS) is 11.8. The Balaban J connectivity index is 2.15. The summed E-state index contributed by atoms with van der Waals surface area (Å²) in [7, 11) is 1.59. The van der Waals surface area contributed by atoms with Gasteiger partial charge in [-0.3, -0.25) is 4.79 Å². The number of aromatic hydroxyl groups is 1. The lowest BCUT2D eigenvalue weighted by molar-refractivity contribution is -0.113. The van der Waals surface area contributed by atoms with Gasteiger partial charge in [0, 0.05) is 21.3 Å². The fourth-order valence-electron chi connectivity index (χ4n) is 3.75. The van der Waals surface area contributed by atoms with Crippen molar-refractivity contribution in [3.8, 4) is 11.5 Å². The maximum absolute atomic E-state index is 13.7. The zero-order valence-electron chi connectivity index (χ0n) is 18.8. The molecule has 0 radical (unpaired) electrons. The third-order valence-corrected chi connectivity index (χ3v) is 7.43. The number of thioether (sulfide) groups is 2. The van der Waals surface area contributed by atoms with E-state index in [0.717, 1.165) is 32.1 Å². The summed E-state index contributed by atoms with van der Waals surface area (Å²) in [5.74, 6) is 1.99. The van der Waals surface area contributed by atoms with Gasteiger partial charge in [-0.1, -0.05) is 63.2 Å². The average Bonchev–Trinajstić information content (AvgIpc) is 2.79. The lowest BCUT2D eigenvalue weighted by atomic mass is 9.88. The van der Waals surface area contributed by atoms with Crippen molar-refractivity contribution in [2.24, 2.45) is 0 Å². The van der Waals surface area contributed by atoms with E-state index in [2.05, 4.69) is 19.2 Å². The average molecular weight is 468 g/mol. The number of para-hydroxylation sites is 2. The minimum absolute atomic E-state index is 0.189. The minimum atomic E-state index is -0.316. The molecule has 6 heteroatoms. The molecular formula is C26H29NO3S2. The highest BCUT2D eigenvalue weighted by atomic mass is 32.2. The number of hydrogen-bond acceptors (Lipinski definition) is 5. The Morgan fingerprint density at radius 1 is 1.00 bits per heavy atom. The number of benzene rings is 3. The van der Waals surface area contributed by atoms with Gasteiger partial charge in [-0.2, -0.15) is 0 Å². The molecule has 0 heterocycles. The monoisotopic (exact) mass is 467 g/mol. The van der Waals surface area contributed by atoms with Crippen molar-refractivity contribution < 1.29 is 14.6 Å². The zero-order valence-corrected chi connectivity index (χ0v) is 20.5. The van der Waals surface area contributed by atoms with Crippen LogP contribution in [-0.2, 0) is 4.79 Å². The van der Waals surface area contributed by atoms with E-state index < -0.39 is 0 Å². The van der Waals surface area contributed by atoms with Crippen molar-refractivity contribution >= 4 is 45.9 Å². The maximum atomic E-state index is 13.7. The molecule has 3 rings (SSSR count). The van der Waals surface area contributed by atoms with Gasteiger partial charge in [-0.25, -0.2) is 0 Å². The van der Waals surface area contributed by atoms with Crippen molar-refractivity contribution in [2.75, 3.05) is 23.9 Å². The Hall–Kier alpha value is -2.57. The quantitative estimate of drug-likeness (QED) is 0.331. The zero-order chi connectivity index (χ0) is 23.1. The molecule has 1 unspecified atom stereocenters. The first kappa shape index (κ1) is 24.1. The lowest BCUT2D eigenvalue weighted by Gasteiger charge is -2.23. The fourth-order valence-corrected chi connectivity index (χ4v) is 6.16. The van der Waals surface area contributed by atoms with Crippen molar-refractivity contribution in [1.82, 2.24) is 0 Å². The predicted octanol–water partition coefficient (Wildman–Crippen LogP) is 7.01. The molecule has 3 aromatic carbocycles. The van der Waals surface area contributed by atoms with Crippen LogP contribution in [0.3, 0.4) is 0 Å². The molecule has 0 aliphatic carbocycles. The van der Waals surface area contributed by atoms with Gasteiger partial charge in [0.15, 0.2) is 0 Å². The Morgan fingerprint density at radius 3 is 2.34 bits per heavy atom. The molecular weight excluding hydrogens is 438 g/mol. The van der Waals surface area contributed by atoms with E-state index in [1.807, 2.05) is 61.5 Å². The number of methoxy groups -OCH3 is 1. The van der Waals surface area contributed by atoms with Crippen LogP contribution in [0.5, 0.6) is 11.5 Å². The molecule has 0 aromatic heterocycles. The first-order valence-corrected chi connectivity index (χ1v) is 12.6. The van der Waals surface area contributed by atoms with Crippen LogP contribution in [0.2, 0.25) is 0 Å². The number of nitrogens with one attached hydrogen (secondary N) is 1. The van der Waals surface area contributed by atoms with Crippen LogP contribution in [-0.4, -0.2) is 29.6 Å². The highest BCUT2D eigenvalue weighted by Gasteiger charge is 2.27. The topological polar surface area (TPSA) is 58.6 Å². The van der Waals surface area contributed by atoms with E-state index in [0.29, 0.717) is 17.0 Å². The fraction of sp³-hybridized carbons (Fsp3) is 0.269. The second kappa shape index (κ2) is 11.3. The van der Waals surface area contributed by atoms with Crippen LogP contribution in [0, 0.1) is 0 Å². The van der Waals surface area contributed by atoms with Crippen molar-refractivity contribution in [1.29, 1.82) is 0 Å². The summed E-state index contributed by atoms with van der Waals surface area (Å²) in [6, 6.07) is 18.9. The lowest BCUT2D eigenvalue weighted by Crippen LogP contribution is -2.20. The number of fused-ring (bicyclic) bond motifs is 1. The molecule has 1 atom stereocenters. The number of carbonyl (C=O) groups excluding carboxylic acids is 1. The number of phenols is 1. The van der Waals surface area contributed by atoms with Crippen molar-refractivity contribution in [2.45, 2.75) is 26.7 Å². The molecule has 0 saturated heterocycles. The summed E-state index contributed by atoms with van der Waals surface area (Å²) in [5, 5.41) is 15.9. The third-order valence-electron chi connectivity index (χ3n) is 5.18. The van der Waals surface area contributed by atoms with Crippen LogP contribution in [0.4, 0.5) is 5.69 Å². The summed E-state index contributed by atoms with van der Waals surface area (Å²) in [5.41, 5.74) is 2.04. The van der Waals surface area contributed by atoms with Gasteiger partial charge in [-0.05, 0) is 40.5 Å². The Labute approximate surface area is 198 Å². The summed E-state index contributed by atoms with van der Waals surface area (Å²) in [4.78, 5) is 13.7. The number of amides is 1. The van der Waals surface area contributed by atoms with Gasteiger partial charge in [0.2, 0.25) is 0 Å². The van der Waals surface area contributed by atoms with Gasteiger partial charge in [0.05, 0.1) is 12.8 Å². The molecule has 4 nitrogen and oxygen atoms in total. The van der Waals surface area contributed by atoms with Crippen LogP contribution in [0.25, 0.3) is 10.8 Å². The van der Waals surface area contributed by atoms with Gasteiger partial charge < -0.3 is 15.2 Å². The van der Waals surface area contributed by atoms with E-state index in [1.165, 1.54) is 0 Å². The van der Waals surface area contributed by atoms with Gasteiger partial charge >= 0.3 is 0 Å². The number of rotatable bonds is 9. The first-order chi connectivity index (χ1) is 15.5. The van der Waals surface area contributed by atoms with E-state index in [4.69, 9.17) is 4.74 Å². The van der Waals surface area contributed by atoms with E-state index >= 15 is 0 Å². The molecule has 32 heavy (non-hydrogen) atoms.